The summed E-state index contributed by atoms with van der Waals surface area (Å²) in [6.45, 7) is 2.56. The van der Waals surface area contributed by atoms with E-state index < -0.39 is 0 Å². The van der Waals surface area contributed by atoms with Crippen molar-refractivity contribution in [2.24, 2.45) is 0 Å². The number of carbonyl (C=O) groups excluding carboxylic acids is 1. The molecule has 0 spiro atoms. The number of Topliss-reactive ketones (excluding diaryl/α,β-unsaturated/α-hetero) is 1. The van der Waals surface area contributed by atoms with Crippen molar-refractivity contribution in [1.82, 2.24) is 0 Å². The van der Waals surface area contributed by atoms with Crippen LogP contribution in [0.3, 0.4) is 0 Å². The summed E-state index contributed by atoms with van der Waals surface area (Å²) in [7, 11) is 1.55. The molecule has 0 heterocycles. The quantitative estimate of drug-likeness (QED) is 0.789. The van der Waals surface area contributed by atoms with Gasteiger partial charge >= 0.3 is 0 Å². The van der Waals surface area contributed by atoms with Crippen LogP contribution in [0.1, 0.15) is 34.8 Å². The number of carbonyl (C=O) groups is 1. The fraction of sp³-hybridized carbons (Fsp3) is 0.250. The maximum absolute atomic E-state index is 12.5. The van der Waals surface area contributed by atoms with Gasteiger partial charge in [0.2, 0.25) is 0 Å². The van der Waals surface area contributed by atoms with E-state index in [9.17, 15) is 9.90 Å². The number of ether oxygens (including phenoxy) is 2. The molecule has 0 atom stereocenters. The summed E-state index contributed by atoms with van der Waals surface area (Å²) in [5, 5.41) is 10.4. The van der Waals surface area contributed by atoms with E-state index in [1.165, 1.54) is 0 Å². The number of hydrogen-bond acceptors (Lipinski definition) is 4. The zero-order valence-electron chi connectivity index (χ0n) is 14.1. The van der Waals surface area contributed by atoms with Gasteiger partial charge in [0.25, 0.3) is 0 Å². The molecule has 1 aliphatic carbocycles. The fourth-order valence-electron chi connectivity index (χ4n) is 2.90. The predicted molar refractivity (Wildman–Crippen MR) is 97.9 cm³/mol. The number of allylic oxidation sites excluding steroid dienone is 1. The molecule has 0 amide bonds. The SMILES string of the molecule is CCCOc1c(Cl)cc(/C=C2\Cc3c(O)cccc3C2=O)cc1OC. The average molecular weight is 359 g/mol. The molecule has 0 fully saturated rings. The second-order valence-electron chi connectivity index (χ2n) is 5.86. The summed E-state index contributed by atoms with van der Waals surface area (Å²) in [5.41, 5.74) is 2.57. The first-order chi connectivity index (χ1) is 12.0. The molecule has 2 aromatic carbocycles. The molecule has 4 nitrogen and oxygen atoms in total. The van der Waals surface area contributed by atoms with Crippen LogP contribution in [0.25, 0.3) is 6.08 Å². The monoisotopic (exact) mass is 358 g/mol. The van der Waals surface area contributed by atoms with Crippen molar-refractivity contribution in [3.8, 4) is 17.2 Å². The number of halogens is 1. The van der Waals surface area contributed by atoms with Gasteiger partial charge in [0, 0.05) is 23.1 Å². The van der Waals surface area contributed by atoms with Crippen LogP contribution in [-0.4, -0.2) is 24.6 Å². The summed E-state index contributed by atoms with van der Waals surface area (Å²) in [4.78, 5) is 12.5. The zero-order valence-corrected chi connectivity index (χ0v) is 14.9. The highest BCUT2D eigenvalue weighted by atomic mass is 35.5. The summed E-state index contributed by atoms with van der Waals surface area (Å²) in [6, 6.07) is 8.54. The molecule has 0 unspecified atom stereocenters. The van der Waals surface area contributed by atoms with Crippen LogP contribution in [0.5, 0.6) is 17.2 Å². The number of aromatic hydroxyl groups is 1. The average Bonchev–Trinajstić information content (AvgIpc) is 2.91. The van der Waals surface area contributed by atoms with Crippen LogP contribution in [-0.2, 0) is 6.42 Å². The molecule has 130 valence electrons. The lowest BCUT2D eigenvalue weighted by Gasteiger charge is -2.13. The van der Waals surface area contributed by atoms with E-state index in [1.54, 1.807) is 43.5 Å². The third-order valence-electron chi connectivity index (χ3n) is 4.10. The van der Waals surface area contributed by atoms with Crippen LogP contribution >= 0.6 is 11.6 Å². The van der Waals surface area contributed by atoms with Crippen LogP contribution in [0, 0.1) is 0 Å². The Balaban J connectivity index is 1.96. The Bertz CT molecular complexity index is 855. The Labute approximate surface area is 151 Å². The van der Waals surface area contributed by atoms with E-state index in [1.807, 2.05) is 6.92 Å². The minimum Gasteiger partial charge on any atom is -0.508 e. The topological polar surface area (TPSA) is 55.8 Å². The summed E-state index contributed by atoms with van der Waals surface area (Å²) >= 11 is 6.33. The first kappa shape index (κ1) is 17.4. The molecule has 0 radical (unpaired) electrons. The Kier molecular flexibility index (Phi) is 5.00. The molecule has 0 aliphatic heterocycles. The van der Waals surface area contributed by atoms with Gasteiger partial charge in [-0.25, -0.2) is 0 Å². The Morgan fingerprint density at radius 3 is 2.80 bits per heavy atom. The van der Waals surface area contributed by atoms with Gasteiger partial charge in [-0.05, 0) is 36.3 Å². The molecular formula is C20H19ClO4. The molecule has 0 saturated heterocycles. The lowest BCUT2D eigenvalue weighted by molar-refractivity contribution is 0.104. The Hall–Kier alpha value is -2.46. The van der Waals surface area contributed by atoms with E-state index in [0.717, 1.165) is 12.0 Å². The van der Waals surface area contributed by atoms with Gasteiger partial charge < -0.3 is 14.6 Å². The van der Waals surface area contributed by atoms with E-state index in [-0.39, 0.29) is 11.5 Å². The molecule has 2 aromatic rings. The van der Waals surface area contributed by atoms with Crippen LogP contribution < -0.4 is 9.47 Å². The number of fused-ring (bicyclic) bond motifs is 1. The predicted octanol–water partition coefficient (Wildman–Crippen LogP) is 4.67. The number of rotatable bonds is 5. The lowest BCUT2D eigenvalue weighted by atomic mass is 10.1. The van der Waals surface area contributed by atoms with Gasteiger partial charge in [-0.15, -0.1) is 0 Å². The third-order valence-corrected chi connectivity index (χ3v) is 4.38. The molecule has 1 N–H and O–H groups in total. The minimum absolute atomic E-state index is 0.0766. The lowest BCUT2D eigenvalue weighted by Crippen LogP contribution is -1.99. The van der Waals surface area contributed by atoms with Crippen molar-refractivity contribution in [3.05, 3.63) is 57.6 Å². The molecule has 0 aromatic heterocycles. The Morgan fingerprint density at radius 1 is 1.32 bits per heavy atom. The molecule has 0 bridgehead atoms. The van der Waals surface area contributed by atoms with Gasteiger partial charge in [0.05, 0.1) is 18.7 Å². The molecule has 3 rings (SSSR count). The maximum atomic E-state index is 12.5. The number of phenols is 1. The van der Waals surface area contributed by atoms with Gasteiger partial charge in [0.15, 0.2) is 17.3 Å². The largest absolute Gasteiger partial charge is 0.508 e. The molecular weight excluding hydrogens is 340 g/mol. The van der Waals surface area contributed by atoms with E-state index in [0.29, 0.717) is 46.2 Å². The number of ketones is 1. The first-order valence-corrected chi connectivity index (χ1v) is 8.49. The van der Waals surface area contributed by atoms with Crippen molar-refractivity contribution in [1.29, 1.82) is 0 Å². The van der Waals surface area contributed by atoms with E-state index in [2.05, 4.69) is 0 Å². The summed E-state index contributed by atoms with van der Waals surface area (Å²) < 4.78 is 11.0. The van der Waals surface area contributed by atoms with Crippen molar-refractivity contribution in [3.63, 3.8) is 0 Å². The fourth-order valence-corrected chi connectivity index (χ4v) is 3.18. The first-order valence-electron chi connectivity index (χ1n) is 8.11. The third kappa shape index (κ3) is 3.35. The molecule has 25 heavy (non-hydrogen) atoms. The maximum Gasteiger partial charge on any atom is 0.189 e. The van der Waals surface area contributed by atoms with Crippen molar-refractivity contribution in [2.75, 3.05) is 13.7 Å². The van der Waals surface area contributed by atoms with Crippen LogP contribution in [0.2, 0.25) is 5.02 Å². The van der Waals surface area contributed by atoms with Crippen molar-refractivity contribution in [2.45, 2.75) is 19.8 Å². The second-order valence-corrected chi connectivity index (χ2v) is 6.27. The number of phenolic OH excluding ortho intramolecular Hbond substituents is 1. The Morgan fingerprint density at radius 2 is 2.12 bits per heavy atom. The molecule has 1 aliphatic rings. The summed E-state index contributed by atoms with van der Waals surface area (Å²) in [5.74, 6) is 1.10. The van der Waals surface area contributed by atoms with Gasteiger partial charge in [-0.1, -0.05) is 30.7 Å². The van der Waals surface area contributed by atoms with Gasteiger partial charge in [-0.2, -0.15) is 0 Å². The van der Waals surface area contributed by atoms with Crippen LogP contribution in [0.4, 0.5) is 0 Å². The van der Waals surface area contributed by atoms with Gasteiger partial charge in [0.1, 0.15) is 5.75 Å². The van der Waals surface area contributed by atoms with E-state index in [4.69, 9.17) is 21.1 Å². The highest BCUT2D eigenvalue weighted by Gasteiger charge is 2.27. The minimum atomic E-state index is -0.0766. The second kappa shape index (κ2) is 7.19. The van der Waals surface area contributed by atoms with Crippen molar-refractivity contribution < 1.29 is 19.4 Å². The molecule has 0 saturated carbocycles. The smallest absolute Gasteiger partial charge is 0.189 e. The standard InChI is InChI=1S/C20H19ClO4/c1-3-7-25-20-16(21)9-12(10-18(20)24-2)8-13-11-15-14(19(13)23)5-4-6-17(15)22/h4-6,8-10,22H,3,7,11H2,1-2H3/b13-8+. The highest BCUT2D eigenvalue weighted by molar-refractivity contribution is 6.32. The summed E-state index contributed by atoms with van der Waals surface area (Å²) in [6.07, 6.45) is 3.04. The number of benzene rings is 2. The number of hydrogen-bond donors (Lipinski definition) is 1. The van der Waals surface area contributed by atoms with E-state index >= 15 is 0 Å². The molecule has 5 heteroatoms. The highest BCUT2D eigenvalue weighted by Crippen LogP contribution is 2.38. The van der Waals surface area contributed by atoms with Crippen LogP contribution in [0.15, 0.2) is 35.9 Å². The normalized spacial score (nSPS) is 14.7. The van der Waals surface area contributed by atoms with Crippen molar-refractivity contribution >= 4 is 23.5 Å². The zero-order chi connectivity index (χ0) is 18.0. The van der Waals surface area contributed by atoms with Gasteiger partial charge in [-0.3, -0.25) is 4.79 Å². The number of methoxy groups -OCH3 is 1.